The van der Waals surface area contributed by atoms with Crippen molar-refractivity contribution in [1.29, 1.82) is 0 Å². The van der Waals surface area contributed by atoms with E-state index in [0.29, 0.717) is 36.8 Å². The number of piperidine rings is 2. The van der Waals surface area contributed by atoms with Gasteiger partial charge in [-0.25, -0.2) is 12.7 Å². The van der Waals surface area contributed by atoms with Gasteiger partial charge in [0.1, 0.15) is 5.75 Å². The Hall–Kier alpha value is -1.15. The van der Waals surface area contributed by atoms with Crippen molar-refractivity contribution in [2.75, 3.05) is 46.5 Å². The second-order valence-electron chi connectivity index (χ2n) is 9.75. The second-order valence-corrected chi connectivity index (χ2v) is 11.7. The molecule has 1 aromatic carbocycles. The molecule has 2 bridgehead atoms. The zero-order chi connectivity index (χ0) is 21.0. The number of hydrogen-bond acceptors (Lipinski definition) is 5. The summed E-state index contributed by atoms with van der Waals surface area (Å²) in [5.41, 5.74) is 2.70. The first-order valence-electron chi connectivity index (χ1n) is 10.8. The molecule has 0 spiro atoms. The maximum Gasteiger partial charge on any atom is 0.211 e. The fraction of sp³-hybridized carbons (Fsp3) is 0.727. The number of phenolic OH excluding ortho intramolecular Hbond substituents is 1. The summed E-state index contributed by atoms with van der Waals surface area (Å²) in [6, 6.07) is 6.77. The largest absolute Gasteiger partial charge is 0.508 e. The van der Waals surface area contributed by atoms with Crippen molar-refractivity contribution in [3.63, 3.8) is 0 Å². The first kappa shape index (κ1) is 21.1. The van der Waals surface area contributed by atoms with Gasteiger partial charge in [0, 0.05) is 37.1 Å². The molecule has 3 atom stereocenters. The van der Waals surface area contributed by atoms with Crippen molar-refractivity contribution in [2.45, 2.75) is 50.1 Å². The lowest BCUT2D eigenvalue weighted by Gasteiger charge is -2.58. The van der Waals surface area contributed by atoms with E-state index in [-0.39, 0.29) is 5.41 Å². The maximum atomic E-state index is 11.8. The monoisotopic (exact) mass is 421 g/mol. The Labute approximate surface area is 175 Å². The van der Waals surface area contributed by atoms with E-state index in [0.717, 1.165) is 38.8 Å². The molecule has 2 aliphatic heterocycles. The third kappa shape index (κ3) is 3.82. The van der Waals surface area contributed by atoms with Crippen LogP contribution in [0.25, 0.3) is 0 Å². The zero-order valence-electron chi connectivity index (χ0n) is 18.1. The quantitative estimate of drug-likeness (QED) is 0.804. The third-order valence-electron chi connectivity index (χ3n) is 7.77. The number of phenols is 1. The number of rotatable bonds is 4. The van der Waals surface area contributed by atoms with Gasteiger partial charge in [0.05, 0.1) is 6.26 Å². The number of sulfonamides is 1. The van der Waals surface area contributed by atoms with Crippen molar-refractivity contribution in [2.24, 2.45) is 5.92 Å². The summed E-state index contributed by atoms with van der Waals surface area (Å²) in [7, 11) is 1.40. The summed E-state index contributed by atoms with van der Waals surface area (Å²) in [6.07, 6.45) is 5.27. The Bertz CT molecular complexity index is 866. The van der Waals surface area contributed by atoms with Gasteiger partial charge in [0.25, 0.3) is 0 Å². The summed E-state index contributed by atoms with van der Waals surface area (Å²) in [5, 5.41) is 10.2. The molecule has 2 saturated heterocycles. The van der Waals surface area contributed by atoms with Gasteiger partial charge in [-0.1, -0.05) is 13.0 Å². The predicted molar refractivity (Wildman–Crippen MR) is 116 cm³/mol. The summed E-state index contributed by atoms with van der Waals surface area (Å²) in [5.74, 6) is 0.884. The molecule has 4 rings (SSSR count). The molecule has 6 nitrogen and oxygen atoms in total. The first-order chi connectivity index (χ1) is 13.6. The van der Waals surface area contributed by atoms with Crippen LogP contribution >= 0.6 is 0 Å². The fourth-order valence-electron chi connectivity index (χ4n) is 6.17. The Kier molecular flexibility index (Phi) is 5.47. The SMILES string of the molecule is CN1CC[C@]2(C)c3cc(O)ccc3C[C@@H]1[C@@H]2N(C)CC1CCN(S(C)(=O)=O)CC1. The van der Waals surface area contributed by atoms with E-state index in [9.17, 15) is 13.5 Å². The van der Waals surface area contributed by atoms with Crippen LogP contribution < -0.4 is 0 Å². The predicted octanol–water partition coefficient (Wildman–Crippen LogP) is 1.88. The number of hydrogen-bond donors (Lipinski definition) is 1. The molecular formula is C22H35N3O3S. The number of likely N-dealkylation sites (tertiary alicyclic amines) is 1. The number of nitrogens with zero attached hydrogens (tertiary/aromatic N) is 3. The topological polar surface area (TPSA) is 64.1 Å². The molecule has 7 heteroatoms. The van der Waals surface area contributed by atoms with E-state index in [1.54, 1.807) is 4.31 Å². The van der Waals surface area contributed by atoms with Gasteiger partial charge in [-0.05, 0) is 75.5 Å². The molecule has 0 aromatic heterocycles. The van der Waals surface area contributed by atoms with E-state index in [1.807, 2.05) is 12.1 Å². The lowest BCUT2D eigenvalue weighted by Crippen LogP contribution is -2.66. The fourth-order valence-corrected chi connectivity index (χ4v) is 7.05. The van der Waals surface area contributed by atoms with Crippen LogP contribution in [0.5, 0.6) is 5.75 Å². The Balaban J connectivity index is 1.54. The highest BCUT2D eigenvalue weighted by atomic mass is 32.2. The molecule has 0 unspecified atom stereocenters. The van der Waals surface area contributed by atoms with Crippen LogP contribution in [-0.4, -0.2) is 86.2 Å². The molecular weight excluding hydrogens is 386 g/mol. The third-order valence-corrected chi connectivity index (χ3v) is 9.07. The van der Waals surface area contributed by atoms with Crippen molar-refractivity contribution < 1.29 is 13.5 Å². The van der Waals surface area contributed by atoms with Crippen LogP contribution in [0.2, 0.25) is 0 Å². The average molecular weight is 422 g/mol. The minimum absolute atomic E-state index is 0.0196. The van der Waals surface area contributed by atoms with Crippen molar-refractivity contribution in [3.8, 4) is 5.75 Å². The Morgan fingerprint density at radius 3 is 2.59 bits per heavy atom. The standard InChI is InChI=1S/C22H35N3O3S/c1-22-9-12-23(2)20(13-17-5-6-18(26)14-19(17)22)21(22)24(3)15-16-7-10-25(11-8-16)29(4,27)28/h5-6,14,16,20-21,26H,7-13,15H2,1-4H3/t20-,21+,22-/m1/s1. The minimum atomic E-state index is -3.08. The lowest BCUT2D eigenvalue weighted by molar-refractivity contribution is -0.00614. The molecule has 29 heavy (non-hydrogen) atoms. The van der Waals surface area contributed by atoms with Gasteiger partial charge in [-0.15, -0.1) is 0 Å². The van der Waals surface area contributed by atoms with Crippen LogP contribution in [0.1, 0.15) is 37.3 Å². The van der Waals surface area contributed by atoms with Gasteiger partial charge in [-0.3, -0.25) is 0 Å². The molecule has 0 radical (unpaired) electrons. The highest BCUT2D eigenvalue weighted by Crippen LogP contribution is 2.47. The molecule has 0 amide bonds. The molecule has 1 aliphatic carbocycles. The molecule has 3 aliphatic rings. The van der Waals surface area contributed by atoms with Crippen LogP contribution in [0, 0.1) is 5.92 Å². The smallest absolute Gasteiger partial charge is 0.211 e. The highest BCUT2D eigenvalue weighted by molar-refractivity contribution is 7.88. The number of fused-ring (bicyclic) bond motifs is 4. The van der Waals surface area contributed by atoms with Crippen LogP contribution in [0.3, 0.4) is 0 Å². The zero-order valence-corrected chi connectivity index (χ0v) is 19.0. The van der Waals surface area contributed by atoms with Crippen LogP contribution in [0.15, 0.2) is 18.2 Å². The van der Waals surface area contributed by atoms with Crippen LogP contribution in [0.4, 0.5) is 0 Å². The summed E-state index contributed by atoms with van der Waals surface area (Å²) in [4.78, 5) is 5.04. The molecule has 0 saturated carbocycles. The van der Waals surface area contributed by atoms with Gasteiger partial charge < -0.3 is 14.9 Å². The van der Waals surface area contributed by atoms with Gasteiger partial charge in [0.2, 0.25) is 10.0 Å². The molecule has 162 valence electrons. The van der Waals surface area contributed by atoms with Gasteiger partial charge in [-0.2, -0.15) is 0 Å². The number of likely N-dealkylation sites (N-methyl/N-ethyl adjacent to an activating group) is 2. The highest BCUT2D eigenvalue weighted by Gasteiger charge is 2.51. The van der Waals surface area contributed by atoms with Gasteiger partial charge >= 0.3 is 0 Å². The van der Waals surface area contributed by atoms with E-state index in [4.69, 9.17) is 0 Å². The minimum Gasteiger partial charge on any atom is -0.508 e. The summed E-state index contributed by atoms with van der Waals surface area (Å²) in [6.45, 7) is 5.72. The van der Waals surface area contributed by atoms with E-state index < -0.39 is 10.0 Å². The first-order valence-corrected chi connectivity index (χ1v) is 12.6. The molecule has 2 heterocycles. The summed E-state index contributed by atoms with van der Waals surface area (Å²) < 4.78 is 25.2. The number of aromatic hydroxyl groups is 1. The number of benzene rings is 1. The molecule has 2 fully saturated rings. The van der Waals surface area contributed by atoms with Crippen molar-refractivity contribution >= 4 is 10.0 Å². The van der Waals surface area contributed by atoms with E-state index in [2.05, 4.69) is 36.9 Å². The summed E-state index contributed by atoms with van der Waals surface area (Å²) >= 11 is 0. The van der Waals surface area contributed by atoms with E-state index in [1.165, 1.54) is 17.4 Å². The maximum absolute atomic E-state index is 11.8. The van der Waals surface area contributed by atoms with Crippen molar-refractivity contribution in [1.82, 2.24) is 14.1 Å². The van der Waals surface area contributed by atoms with Gasteiger partial charge in [0.15, 0.2) is 0 Å². The average Bonchev–Trinajstić information content (AvgIpc) is 2.65. The van der Waals surface area contributed by atoms with Crippen molar-refractivity contribution in [3.05, 3.63) is 29.3 Å². The Morgan fingerprint density at radius 1 is 1.24 bits per heavy atom. The lowest BCUT2D eigenvalue weighted by atomic mass is 9.61. The second kappa shape index (κ2) is 7.52. The van der Waals surface area contributed by atoms with E-state index >= 15 is 0 Å². The molecule has 1 aromatic rings. The van der Waals surface area contributed by atoms with Crippen LogP contribution in [-0.2, 0) is 21.9 Å². The molecule has 1 N–H and O–H groups in total. The normalized spacial score (nSPS) is 31.8. The Morgan fingerprint density at radius 2 is 1.93 bits per heavy atom.